The van der Waals surface area contributed by atoms with Crippen LogP contribution >= 0.6 is 7.82 Å². The van der Waals surface area contributed by atoms with E-state index < -0.39 is 7.82 Å². The van der Waals surface area contributed by atoms with Gasteiger partial charge in [0.25, 0.3) is 0 Å². The fourth-order valence-corrected chi connectivity index (χ4v) is 1.95. The first kappa shape index (κ1) is 9.20. The van der Waals surface area contributed by atoms with Crippen LogP contribution in [-0.2, 0) is 13.6 Å². The minimum atomic E-state index is -3.64. The summed E-state index contributed by atoms with van der Waals surface area (Å²) in [5.74, 6) is 0. The standard InChI is InChI=1S/C6H13O4P/c1-2-3-4-6-5-9-11(7,8)10-6/h6H,2-5H2,1H3,(H,7,8). The second-order valence-corrected chi connectivity index (χ2v) is 4.04. The lowest BCUT2D eigenvalue weighted by Crippen LogP contribution is -2.07. The molecule has 0 bridgehead atoms. The van der Waals surface area contributed by atoms with Crippen LogP contribution in [0.2, 0.25) is 0 Å². The Labute approximate surface area is 66.1 Å². The Kier molecular flexibility index (Phi) is 3.07. The van der Waals surface area contributed by atoms with Crippen molar-refractivity contribution < 1.29 is 18.5 Å². The van der Waals surface area contributed by atoms with Gasteiger partial charge in [-0.25, -0.2) is 4.57 Å². The zero-order chi connectivity index (χ0) is 8.32. The third-order valence-corrected chi connectivity index (χ3v) is 2.63. The van der Waals surface area contributed by atoms with Gasteiger partial charge in [-0.05, 0) is 6.42 Å². The van der Waals surface area contributed by atoms with Gasteiger partial charge in [-0.2, -0.15) is 0 Å². The molecule has 1 rings (SSSR count). The SMILES string of the molecule is CCCCC1COP(=O)(O)O1. The molecule has 2 atom stereocenters. The van der Waals surface area contributed by atoms with Gasteiger partial charge in [0.1, 0.15) is 0 Å². The van der Waals surface area contributed by atoms with Crippen molar-refractivity contribution in [3.63, 3.8) is 0 Å². The highest BCUT2D eigenvalue weighted by Gasteiger charge is 2.34. The Morgan fingerprint density at radius 2 is 2.45 bits per heavy atom. The number of phosphoric ester groups is 1. The highest BCUT2D eigenvalue weighted by molar-refractivity contribution is 7.47. The van der Waals surface area contributed by atoms with Crippen LogP contribution in [0, 0.1) is 0 Å². The van der Waals surface area contributed by atoms with E-state index in [9.17, 15) is 4.57 Å². The molecule has 1 fully saturated rings. The van der Waals surface area contributed by atoms with Crippen molar-refractivity contribution in [3.05, 3.63) is 0 Å². The Bertz CT molecular complexity index is 170. The smallest absolute Gasteiger partial charge is 0.302 e. The largest absolute Gasteiger partial charge is 0.472 e. The minimum Gasteiger partial charge on any atom is -0.302 e. The van der Waals surface area contributed by atoms with E-state index in [-0.39, 0.29) is 12.7 Å². The zero-order valence-corrected chi connectivity index (χ0v) is 7.42. The van der Waals surface area contributed by atoms with Gasteiger partial charge in [-0.1, -0.05) is 19.8 Å². The van der Waals surface area contributed by atoms with E-state index in [1.807, 2.05) is 0 Å². The molecular weight excluding hydrogens is 167 g/mol. The van der Waals surface area contributed by atoms with Crippen LogP contribution < -0.4 is 0 Å². The van der Waals surface area contributed by atoms with E-state index in [0.717, 1.165) is 19.3 Å². The predicted molar refractivity (Wildman–Crippen MR) is 40.2 cm³/mol. The Morgan fingerprint density at radius 3 is 2.91 bits per heavy atom. The van der Waals surface area contributed by atoms with Gasteiger partial charge < -0.3 is 4.89 Å². The van der Waals surface area contributed by atoms with Gasteiger partial charge in [-0.15, -0.1) is 0 Å². The maximum absolute atomic E-state index is 10.7. The van der Waals surface area contributed by atoms with Crippen molar-refractivity contribution in [1.82, 2.24) is 0 Å². The van der Waals surface area contributed by atoms with Crippen molar-refractivity contribution in [2.75, 3.05) is 6.61 Å². The maximum Gasteiger partial charge on any atom is 0.472 e. The fourth-order valence-electron chi connectivity index (χ4n) is 0.994. The van der Waals surface area contributed by atoms with Crippen molar-refractivity contribution in [2.24, 2.45) is 0 Å². The molecule has 5 heteroatoms. The first-order valence-electron chi connectivity index (χ1n) is 3.80. The average molecular weight is 180 g/mol. The van der Waals surface area contributed by atoms with Gasteiger partial charge in [0, 0.05) is 0 Å². The summed E-state index contributed by atoms with van der Waals surface area (Å²) in [6.07, 6.45) is 2.70. The third-order valence-electron chi connectivity index (χ3n) is 1.59. The topological polar surface area (TPSA) is 55.8 Å². The Hall–Kier alpha value is 0.110. The molecule has 1 N–H and O–H groups in total. The van der Waals surface area contributed by atoms with Gasteiger partial charge in [-0.3, -0.25) is 9.05 Å². The molecule has 1 saturated heterocycles. The molecule has 0 amide bonds. The number of unbranched alkanes of at least 4 members (excludes halogenated alkanes) is 1. The number of rotatable bonds is 3. The summed E-state index contributed by atoms with van der Waals surface area (Å²) in [6.45, 7) is 2.32. The molecule has 0 aromatic carbocycles. The summed E-state index contributed by atoms with van der Waals surface area (Å²) in [6, 6.07) is 0. The molecule has 11 heavy (non-hydrogen) atoms. The second-order valence-electron chi connectivity index (χ2n) is 2.63. The molecule has 0 aromatic rings. The van der Waals surface area contributed by atoms with Crippen LogP contribution in [0.5, 0.6) is 0 Å². The fraction of sp³-hybridized carbons (Fsp3) is 1.00. The zero-order valence-electron chi connectivity index (χ0n) is 6.52. The third kappa shape index (κ3) is 2.91. The molecular formula is C6H13O4P. The molecule has 0 aliphatic carbocycles. The van der Waals surface area contributed by atoms with Crippen molar-refractivity contribution >= 4 is 7.82 Å². The lowest BCUT2D eigenvalue weighted by atomic mass is 10.2. The van der Waals surface area contributed by atoms with E-state index >= 15 is 0 Å². The summed E-state index contributed by atoms with van der Waals surface area (Å²) in [5.41, 5.74) is 0. The molecule has 2 unspecified atom stereocenters. The number of phosphoric acid groups is 1. The Morgan fingerprint density at radius 1 is 1.73 bits per heavy atom. The molecule has 0 spiro atoms. The molecule has 66 valence electrons. The average Bonchev–Trinajstić information content (AvgIpc) is 2.26. The van der Waals surface area contributed by atoms with Crippen LogP contribution in [0.4, 0.5) is 0 Å². The monoisotopic (exact) mass is 180 g/mol. The predicted octanol–water partition coefficient (Wildman–Crippen LogP) is 1.69. The van der Waals surface area contributed by atoms with E-state index in [1.165, 1.54) is 0 Å². The molecule has 0 aromatic heterocycles. The summed E-state index contributed by atoms with van der Waals surface area (Å²) < 4.78 is 20.0. The van der Waals surface area contributed by atoms with Crippen LogP contribution in [0.3, 0.4) is 0 Å². The lowest BCUT2D eigenvalue weighted by Gasteiger charge is -2.04. The van der Waals surface area contributed by atoms with Crippen molar-refractivity contribution in [1.29, 1.82) is 0 Å². The molecule has 1 aliphatic rings. The normalized spacial score (nSPS) is 37.8. The maximum atomic E-state index is 10.7. The van der Waals surface area contributed by atoms with Crippen LogP contribution in [0.15, 0.2) is 0 Å². The minimum absolute atomic E-state index is 0.175. The summed E-state index contributed by atoms with van der Waals surface area (Å²) in [7, 11) is -3.64. The van der Waals surface area contributed by atoms with Crippen molar-refractivity contribution in [2.45, 2.75) is 32.3 Å². The van der Waals surface area contributed by atoms with Gasteiger partial charge >= 0.3 is 7.82 Å². The number of hydrogen-bond donors (Lipinski definition) is 1. The molecule has 4 nitrogen and oxygen atoms in total. The van der Waals surface area contributed by atoms with Crippen molar-refractivity contribution in [3.8, 4) is 0 Å². The highest BCUT2D eigenvalue weighted by Crippen LogP contribution is 2.50. The summed E-state index contributed by atoms with van der Waals surface area (Å²) in [4.78, 5) is 8.78. The van der Waals surface area contributed by atoms with E-state index in [0.29, 0.717) is 0 Å². The van der Waals surface area contributed by atoms with Crippen LogP contribution in [0.1, 0.15) is 26.2 Å². The van der Waals surface area contributed by atoms with Gasteiger partial charge in [0.15, 0.2) is 0 Å². The first-order valence-corrected chi connectivity index (χ1v) is 5.29. The lowest BCUT2D eigenvalue weighted by molar-refractivity contribution is 0.202. The molecule has 1 aliphatic heterocycles. The molecule has 1 heterocycles. The van der Waals surface area contributed by atoms with E-state index in [4.69, 9.17) is 9.42 Å². The summed E-state index contributed by atoms with van der Waals surface area (Å²) >= 11 is 0. The molecule has 0 saturated carbocycles. The van der Waals surface area contributed by atoms with Crippen LogP contribution in [-0.4, -0.2) is 17.6 Å². The van der Waals surface area contributed by atoms with Crippen LogP contribution in [0.25, 0.3) is 0 Å². The summed E-state index contributed by atoms with van der Waals surface area (Å²) in [5, 5.41) is 0. The quantitative estimate of drug-likeness (QED) is 0.671. The van der Waals surface area contributed by atoms with E-state index in [1.54, 1.807) is 0 Å². The first-order chi connectivity index (χ1) is 5.14. The highest BCUT2D eigenvalue weighted by atomic mass is 31.2. The molecule has 0 radical (unpaired) electrons. The number of hydrogen-bond acceptors (Lipinski definition) is 3. The van der Waals surface area contributed by atoms with Gasteiger partial charge in [0.05, 0.1) is 12.7 Å². The second kappa shape index (κ2) is 3.68. The Balaban J connectivity index is 2.25. The van der Waals surface area contributed by atoms with E-state index in [2.05, 4.69) is 11.4 Å². The van der Waals surface area contributed by atoms with Gasteiger partial charge in [0.2, 0.25) is 0 Å².